The molecule has 0 heterocycles. The highest BCUT2D eigenvalue weighted by Gasteiger charge is 2.05. The van der Waals surface area contributed by atoms with E-state index in [4.69, 9.17) is 14.6 Å². The van der Waals surface area contributed by atoms with E-state index in [1.54, 1.807) is 7.11 Å². The van der Waals surface area contributed by atoms with Crippen LogP contribution in [0.1, 0.15) is 11.1 Å². The predicted molar refractivity (Wildman–Crippen MR) is 54.5 cm³/mol. The molecule has 0 radical (unpaired) electrons. The summed E-state index contributed by atoms with van der Waals surface area (Å²) in [6, 6.07) is 5.72. The first-order chi connectivity index (χ1) is 6.79. The molecule has 0 bridgehead atoms. The predicted octanol–water partition coefficient (Wildman–Crippen LogP) is 1.51. The highest BCUT2D eigenvalue weighted by Crippen LogP contribution is 2.23. The van der Waals surface area contributed by atoms with Crippen molar-refractivity contribution in [1.29, 1.82) is 0 Å². The van der Waals surface area contributed by atoms with Crippen molar-refractivity contribution in [2.75, 3.05) is 20.3 Å². The van der Waals surface area contributed by atoms with Crippen molar-refractivity contribution >= 4 is 0 Å². The van der Waals surface area contributed by atoms with Crippen molar-refractivity contribution in [2.45, 2.75) is 13.5 Å². The van der Waals surface area contributed by atoms with E-state index in [9.17, 15) is 0 Å². The number of rotatable bonds is 5. The highest BCUT2D eigenvalue weighted by atomic mass is 16.5. The number of para-hydroxylation sites is 1. The number of methoxy groups -OCH3 is 1. The summed E-state index contributed by atoms with van der Waals surface area (Å²) in [4.78, 5) is 0. The molecule has 0 atom stereocenters. The molecular formula is C11H16O3. The van der Waals surface area contributed by atoms with Gasteiger partial charge in [0.15, 0.2) is 0 Å². The van der Waals surface area contributed by atoms with Gasteiger partial charge in [0.05, 0.1) is 13.2 Å². The minimum absolute atomic E-state index is 0.00396. The maximum absolute atomic E-state index is 9.09. The van der Waals surface area contributed by atoms with Gasteiger partial charge in [0.2, 0.25) is 0 Å². The van der Waals surface area contributed by atoms with Gasteiger partial charge < -0.3 is 14.6 Å². The summed E-state index contributed by atoms with van der Waals surface area (Å²) in [6.07, 6.45) is 0. The lowest BCUT2D eigenvalue weighted by molar-refractivity contribution is 0.144. The van der Waals surface area contributed by atoms with Crippen molar-refractivity contribution in [3.63, 3.8) is 0 Å². The molecule has 0 aromatic heterocycles. The van der Waals surface area contributed by atoms with Crippen LogP contribution in [0, 0.1) is 6.92 Å². The Morgan fingerprint density at radius 2 is 2.07 bits per heavy atom. The third-order valence-electron chi connectivity index (χ3n) is 2.00. The Hall–Kier alpha value is -1.06. The molecule has 1 N–H and O–H groups in total. The summed E-state index contributed by atoms with van der Waals surface area (Å²) < 4.78 is 10.4. The SMILES string of the molecule is COCCOc1c(C)cccc1CO. The topological polar surface area (TPSA) is 38.7 Å². The smallest absolute Gasteiger partial charge is 0.127 e. The highest BCUT2D eigenvalue weighted by molar-refractivity contribution is 5.40. The third-order valence-corrected chi connectivity index (χ3v) is 2.00. The van der Waals surface area contributed by atoms with Crippen molar-refractivity contribution < 1.29 is 14.6 Å². The van der Waals surface area contributed by atoms with Gasteiger partial charge >= 0.3 is 0 Å². The normalized spacial score (nSPS) is 10.2. The molecule has 78 valence electrons. The number of hydrogen-bond donors (Lipinski definition) is 1. The summed E-state index contributed by atoms with van der Waals surface area (Å²) in [5, 5.41) is 9.09. The molecule has 3 heteroatoms. The lowest BCUT2D eigenvalue weighted by Crippen LogP contribution is -2.07. The van der Waals surface area contributed by atoms with E-state index in [1.807, 2.05) is 25.1 Å². The Bertz CT molecular complexity index is 284. The minimum atomic E-state index is 0.00396. The minimum Gasteiger partial charge on any atom is -0.491 e. The number of aliphatic hydroxyl groups excluding tert-OH is 1. The first-order valence-corrected chi connectivity index (χ1v) is 4.60. The molecule has 0 saturated carbocycles. The van der Waals surface area contributed by atoms with Gasteiger partial charge in [-0.1, -0.05) is 18.2 Å². The second kappa shape index (κ2) is 5.62. The molecule has 1 aromatic carbocycles. The fourth-order valence-corrected chi connectivity index (χ4v) is 1.27. The van der Waals surface area contributed by atoms with Crippen LogP contribution in [0.5, 0.6) is 5.75 Å². The Kier molecular flexibility index (Phi) is 4.43. The average Bonchev–Trinajstić information content (AvgIpc) is 2.20. The fourth-order valence-electron chi connectivity index (χ4n) is 1.27. The van der Waals surface area contributed by atoms with Crippen molar-refractivity contribution in [3.05, 3.63) is 29.3 Å². The van der Waals surface area contributed by atoms with Crippen LogP contribution in [-0.4, -0.2) is 25.4 Å². The molecule has 0 amide bonds. The summed E-state index contributed by atoms with van der Waals surface area (Å²) >= 11 is 0. The molecule has 0 saturated heterocycles. The molecule has 0 aliphatic heterocycles. The zero-order valence-corrected chi connectivity index (χ0v) is 8.62. The monoisotopic (exact) mass is 196 g/mol. The number of benzene rings is 1. The molecule has 0 aliphatic carbocycles. The van der Waals surface area contributed by atoms with Gasteiger partial charge in [-0.25, -0.2) is 0 Å². The fraction of sp³-hybridized carbons (Fsp3) is 0.455. The maximum atomic E-state index is 9.09. The van der Waals surface area contributed by atoms with Crippen LogP contribution in [0.2, 0.25) is 0 Å². The van der Waals surface area contributed by atoms with Crippen LogP contribution in [0.4, 0.5) is 0 Å². The van der Waals surface area contributed by atoms with E-state index >= 15 is 0 Å². The van der Waals surface area contributed by atoms with Crippen LogP contribution >= 0.6 is 0 Å². The summed E-state index contributed by atoms with van der Waals surface area (Å²) in [6.45, 7) is 3.03. The number of ether oxygens (including phenoxy) is 2. The quantitative estimate of drug-likeness (QED) is 0.725. The average molecular weight is 196 g/mol. The third kappa shape index (κ3) is 2.72. The van der Waals surface area contributed by atoms with Gasteiger partial charge in [-0.15, -0.1) is 0 Å². The first-order valence-electron chi connectivity index (χ1n) is 4.60. The van der Waals surface area contributed by atoms with Gasteiger partial charge in [0, 0.05) is 12.7 Å². The van der Waals surface area contributed by atoms with Crippen LogP contribution in [0.25, 0.3) is 0 Å². The van der Waals surface area contributed by atoms with E-state index in [2.05, 4.69) is 0 Å². The zero-order chi connectivity index (χ0) is 10.4. The summed E-state index contributed by atoms with van der Waals surface area (Å²) in [5.74, 6) is 0.770. The van der Waals surface area contributed by atoms with Crippen molar-refractivity contribution in [3.8, 4) is 5.75 Å². The van der Waals surface area contributed by atoms with Crippen molar-refractivity contribution in [1.82, 2.24) is 0 Å². The first kappa shape index (κ1) is 11.0. The summed E-state index contributed by atoms with van der Waals surface area (Å²) in [5.41, 5.74) is 1.86. The number of hydrogen-bond acceptors (Lipinski definition) is 3. The second-order valence-electron chi connectivity index (χ2n) is 3.06. The molecule has 1 aromatic rings. The molecular weight excluding hydrogens is 180 g/mol. The largest absolute Gasteiger partial charge is 0.491 e. The van der Waals surface area contributed by atoms with Gasteiger partial charge in [-0.05, 0) is 12.5 Å². The molecule has 1 rings (SSSR count). The van der Waals surface area contributed by atoms with Gasteiger partial charge in [-0.3, -0.25) is 0 Å². The Balaban J connectivity index is 2.72. The lowest BCUT2D eigenvalue weighted by Gasteiger charge is -2.12. The number of aliphatic hydroxyl groups is 1. The van der Waals surface area contributed by atoms with E-state index in [0.29, 0.717) is 13.2 Å². The van der Waals surface area contributed by atoms with E-state index < -0.39 is 0 Å². The molecule has 0 fully saturated rings. The Morgan fingerprint density at radius 1 is 1.29 bits per heavy atom. The van der Waals surface area contributed by atoms with Crippen LogP contribution in [-0.2, 0) is 11.3 Å². The van der Waals surface area contributed by atoms with Crippen LogP contribution < -0.4 is 4.74 Å². The molecule has 0 aliphatic rings. The molecule has 3 nitrogen and oxygen atoms in total. The zero-order valence-electron chi connectivity index (χ0n) is 8.62. The van der Waals surface area contributed by atoms with E-state index in [1.165, 1.54) is 0 Å². The maximum Gasteiger partial charge on any atom is 0.127 e. The Morgan fingerprint density at radius 3 is 2.71 bits per heavy atom. The van der Waals surface area contributed by atoms with Crippen molar-refractivity contribution in [2.24, 2.45) is 0 Å². The summed E-state index contributed by atoms with van der Waals surface area (Å²) in [7, 11) is 1.63. The second-order valence-corrected chi connectivity index (χ2v) is 3.06. The van der Waals surface area contributed by atoms with E-state index in [-0.39, 0.29) is 6.61 Å². The Labute approximate surface area is 84.3 Å². The molecule has 0 spiro atoms. The molecule has 0 unspecified atom stereocenters. The number of aryl methyl sites for hydroxylation is 1. The van der Waals surface area contributed by atoms with Gasteiger partial charge in [0.1, 0.15) is 12.4 Å². The van der Waals surface area contributed by atoms with Crippen LogP contribution in [0.15, 0.2) is 18.2 Å². The van der Waals surface area contributed by atoms with E-state index in [0.717, 1.165) is 16.9 Å². The van der Waals surface area contributed by atoms with Gasteiger partial charge in [0.25, 0.3) is 0 Å². The van der Waals surface area contributed by atoms with Crippen LogP contribution in [0.3, 0.4) is 0 Å². The standard InChI is InChI=1S/C11H16O3/c1-9-4-3-5-10(8-12)11(9)14-7-6-13-2/h3-5,12H,6-8H2,1-2H3. The van der Waals surface area contributed by atoms with Gasteiger partial charge in [-0.2, -0.15) is 0 Å². The molecule has 14 heavy (non-hydrogen) atoms. The lowest BCUT2D eigenvalue weighted by atomic mass is 10.1.